The summed E-state index contributed by atoms with van der Waals surface area (Å²) in [6, 6.07) is 0. The van der Waals surface area contributed by atoms with E-state index in [9.17, 15) is 24.6 Å². The fourth-order valence-corrected chi connectivity index (χ4v) is 6.05. The summed E-state index contributed by atoms with van der Waals surface area (Å²) in [5.41, 5.74) is -0.528. The van der Waals surface area contributed by atoms with Gasteiger partial charge in [0.2, 0.25) is 6.79 Å². The van der Waals surface area contributed by atoms with Crippen LogP contribution in [0.1, 0.15) is 34.6 Å². The summed E-state index contributed by atoms with van der Waals surface area (Å²) in [6.45, 7) is 10.2. The first kappa shape index (κ1) is 26.6. The van der Waals surface area contributed by atoms with Crippen LogP contribution in [-0.2, 0) is 23.9 Å². The number of ether oxygens (including phenoxy) is 2. The zero-order chi connectivity index (χ0) is 25.2. The van der Waals surface area contributed by atoms with Crippen molar-refractivity contribution in [2.75, 3.05) is 32.2 Å². The zero-order valence-electron chi connectivity index (χ0n) is 20.0. The molecule has 0 radical (unpaired) electrons. The molecule has 3 rings (SSSR count). The van der Waals surface area contributed by atoms with Crippen molar-refractivity contribution in [1.29, 1.82) is 0 Å². The number of aliphatic carboxylic acids is 1. The number of carboxylic acids is 1. The van der Waals surface area contributed by atoms with Gasteiger partial charge in [0.25, 0.3) is 0 Å². The lowest BCUT2D eigenvalue weighted by Gasteiger charge is -2.29. The summed E-state index contributed by atoms with van der Waals surface area (Å²) < 4.78 is 12.4. The predicted molar refractivity (Wildman–Crippen MR) is 130 cm³/mol. The third kappa shape index (κ3) is 5.95. The van der Waals surface area contributed by atoms with Crippen LogP contribution in [0, 0.1) is 17.3 Å². The smallest absolute Gasteiger partial charge is 0.360 e. The summed E-state index contributed by atoms with van der Waals surface area (Å²) in [7, 11) is 0. The normalized spacial score (nSPS) is 24.2. The lowest BCUT2D eigenvalue weighted by Crippen LogP contribution is -2.47. The first-order valence-electron chi connectivity index (χ1n) is 11.1. The molecule has 0 aromatic rings. The Morgan fingerprint density at radius 1 is 1.29 bits per heavy atom. The number of aliphatic hydroxyl groups excluding tert-OH is 1. The number of carboxylic acid groups (broad SMARTS) is 1. The number of allylic oxidation sites excluding steroid dienone is 1. The number of esters is 2. The molecule has 0 spiro atoms. The van der Waals surface area contributed by atoms with Gasteiger partial charge in [-0.15, -0.1) is 11.8 Å². The molecule has 3 aliphatic heterocycles. The van der Waals surface area contributed by atoms with E-state index in [2.05, 4.69) is 14.9 Å². The average molecular weight is 515 g/mol. The maximum atomic E-state index is 12.9. The van der Waals surface area contributed by atoms with Gasteiger partial charge in [0.1, 0.15) is 19.0 Å². The Bertz CT molecular complexity index is 937. The van der Waals surface area contributed by atoms with Gasteiger partial charge in [-0.25, -0.2) is 9.79 Å². The highest BCUT2D eigenvalue weighted by Gasteiger charge is 2.43. The molecule has 2 saturated heterocycles. The molecule has 188 valence electrons. The Labute approximate surface area is 207 Å². The maximum absolute atomic E-state index is 12.9. The Hall–Kier alpha value is -2.05. The van der Waals surface area contributed by atoms with Crippen LogP contribution in [0.2, 0.25) is 0 Å². The average Bonchev–Trinajstić information content (AvgIpc) is 3.32. The van der Waals surface area contributed by atoms with Gasteiger partial charge in [-0.1, -0.05) is 6.92 Å². The van der Waals surface area contributed by atoms with Crippen molar-refractivity contribution in [3.05, 3.63) is 10.6 Å². The molecule has 3 atom stereocenters. The molecule has 3 aliphatic rings. The minimum absolute atomic E-state index is 0.00526. The summed E-state index contributed by atoms with van der Waals surface area (Å²) in [6.07, 6.45) is -1.19. The first-order valence-corrected chi connectivity index (χ1v) is 13.0. The van der Waals surface area contributed by atoms with Crippen molar-refractivity contribution in [3.8, 4) is 0 Å². The van der Waals surface area contributed by atoms with E-state index in [0.717, 1.165) is 30.6 Å². The van der Waals surface area contributed by atoms with E-state index in [4.69, 9.17) is 9.47 Å². The molecule has 0 saturated carbocycles. The first-order chi connectivity index (χ1) is 15.9. The molecule has 0 aromatic heterocycles. The third-order valence-electron chi connectivity index (χ3n) is 5.61. The van der Waals surface area contributed by atoms with Crippen LogP contribution in [0.5, 0.6) is 0 Å². The highest BCUT2D eigenvalue weighted by Crippen LogP contribution is 2.41. The molecule has 34 heavy (non-hydrogen) atoms. The van der Waals surface area contributed by atoms with Gasteiger partial charge in [-0.2, -0.15) is 0 Å². The lowest BCUT2D eigenvalue weighted by atomic mass is 9.90. The summed E-state index contributed by atoms with van der Waals surface area (Å²) >= 11 is 3.26. The van der Waals surface area contributed by atoms with Crippen LogP contribution < -0.4 is 5.32 Å². The van der Waals surface area contributed by atoms with Crippen molar-refractivity contribution in [2.45, 2.75) is 46.0 Å². The number of aliphatic hydroxyl groups is 1. The fourth-order valence-electron chi connectivity index (χ4n) is 3.68. The van der Waals surface area contributed by atoms with Crippen LogP contribution >= 0.6 is 23.5 Å². The Morgan fingerprint density at radius 2 is 1.97 bits per heavy atom. The quantitative estimate of drug-likeness (QED) is 0.247. The van der Waals surface area contributed by atoms with Gasteiger partial charge in [-0.3, -0.25) is 19.5 Å². The second kappa shape index (κ2) is 10.7. The number of hydrogen-bond acceptors (Lipinski definition) is 9. The molecule has 10 nitrogen and oxygen atoms in total. The molecule has 2 fully saturated rings. The van der Waals surface area contributed by atoms with E-state index in [1.807, 2.05) is 0 Å². The second-order valence-electron chi connectivity index (χ2n) is 9.48. The topological polar surface area (TPSA) is 138 Å². The molecule has 12 heteroatoms. The van der Waals surface area contributed by atoms with Gasteiger partial charge in [0.05, 0.1) is 23.3 Å². The number of rotatable bonds is 8. The molecule has 0 aromatic carbocycles. The molecule has 3 heterocycles. The molecular formula is C22H32N3O7S2+. The molecule has 0 amide bonds. The fraction of sp³-hybridized carbons (Fsp3) is 0.682. The highest BCUT2D eigenvalue weighted by atomic mass is 32.2. The summed E-state index contributed by atoms with van der Waals surface area (Å²) in [4.78, 5) is 41.6. The third-order valence-corrected chi connectivity index (χ3v) is 8.13. The van der Waals surface area contributed by atoms with Crippen LogP contribution in [0.25, 0.3) is 0 Å². The minimum Gasteiger partial charge on any atom is -0.481 e. The van der Waals surface area contributed by atoms with Crippen LogP contribution in [0.15, 0.2) is 15.6 Å². The Balaban J connectivity index is 1.76. The van der Waals surface area contributed by atoms with Crippen LogP contribution in [-0.4, -0.2) is 87.1 Å². The number of thioether (sulfide) groups is 2. The van der Waals surface area contributed by atoms with E-state index in [0.29, 0.717) is 4.91 Å². The predicted octanol–water partition coefficient (Wildman–Crippen LogP) is 1.28. The Kier molecular flexibility index (Phi) is 8.35. The molecular weight excluding hydrogens is 482 g/mol. The lowest BCUT2D eigenvalue weighted by molar-refractivity contribution is -0.578. The van der Waals surface area contributed by atoms with E-state index in [-0.39, 0.29) is 16.7 Å². The van der Waals surface area contributed by atoms with Gasteiger partial charge in [0, 0.05) is 22.3 Å². The van der Waals surface area contributed by atoms with Crippen LogP contribution in [0.3, 0.4) is 0 Å². The molecule has 0 aliphatic carbocycles. The number of hydrogen-bond donors (Lipinski definition) is 3. The number of nitrogens with zero attached hydrogens (tertiary/aromatic N) is 2. The number of amidine groups is 1. The molecule has 3 unspecified atom stereocenters. The van der Waals surface area contributed by atoms with E-state index < -0.39 is 48.1 Å². The van der Waals surface area contributed by atoms with Gasteiger partial charge in [0.15, 0.2) is 5.70 Å². The number of aliphatic imine (C=N–C) groups is 1. The Morgan fingerprint density at radius 3 is 2.50 bits per heavy atom. The number of carbonyl (C=O) groups is 3. The minimum atomic E-state index is -1.25. The van der Waals surface area contributed by atoms with E-state index >= 15 is 0 Å². The van der Waals surface area contributed by atoms with Gasteiger partial charge < -0.3 is 19.7 Å². The van der Waals surface area contributed by atoms with Crippen molar-refractivity contribution < 1.29 is 38.6 Å². The molecule has 0 bridgehead atoms. The monoisotopic (exact) mass is 514 g/mol. The van der Waals surface area contributed by atoms with Gasteiger partial charge >= 0.3 is 23.1 Å². The number of nitrogens with one attached hydrogen (secondary N) is 1. The second-order valence-corrected chi connectivity index (χ2v) is 11.9. The number of carbonyl (C=O) groups excluding carboxylic acids is 2. The summed E-state index contributed by atoms with van der Waals surface area (Å²) in [5.74, 6) is -3.20. The van der Waals surface area contributed by atoms with Crippen molar-refractivity contribution in [1.82, 2.24) is 5.32 Å². The summed E-state index contributed by atoms with van der Waals surface area (Å²) in [5, 5.41) is 24.4. The zero-order valence-corrected chi connectivity index (χ0v) is 21.6. The van der Waals surface area contributed by atoms with Gasteiger partial charge in [-0.05, 0) is 39.5 Å². The standard InChI is InChI=1S/C22H31N3O7S2/c1-11-15(14(12(2)26)18(27)28)24-16(19(29)31-10-32-20(30)22(3,4)5)17(11)34-13-8-25(9-13)21-23-6-7-33-21/h11-14,26H,6-10H2,1-5H3,(H,27,28)/p+1. The van der Waals surface area contributed by atoms with E-state index in [1.165, 1.54) is 18.7 Å². The van der Waals surface area contributed by atoms with E-state index in [1.54, 1.807) is 39.5 Å². The van der Waals surface area contributed by atoms with Crippen molar-refractivity contribution in [3.63, 3.8) is 0 Å². The van der Waals surface area contributed by atoms with Crippen molar-refractivity contribution in [2.24, 2.45) is 22.2 Å². The largest absolute Gasteiger partial charge is 0.481 e. The SMILES string of the molecule is CC1C(C(C(=O)O)C(C)O)=NC(C(=O)OCOC(=O)C(C)(C)C)=C1SC1C[N+](=C2NCCS2)C1. The highest BCUT2D eigenvalue weighted by molar-refractivity contribution is 8.14. The molecule has 3 N–H and O–H groups in total. The van der Waals surface area contributed by atoms with Crippen molar-refractivity contribution >= 4 is 52.3 Å². The van der Waals surface area contributed by atoms with Crippen LogP contribution in [0.4, 0.5) is 0 Å². The maximum Gasteiger partial charge on any atom is 0.360 e.